The number of nitrogens with zero attached hydrogens (tertiary/aromatic N) is 2. The first kappa shape index (κ1) is 18.5. The highest BCUT2D eigenvalue weighted by molar-refractivity contribution is 9.10. The van der Waals surface area contributed by atoms with E-state index in [1.165, 1.54) is 0 Å². The normalized spacial score (nSPS) is 14.4. The Bertz CT molecular complexity index is 949. The number of hydrogen-bond donors (Lipinski definition) is 0. The maximum atomic E-state index is 6.11. The van der Waals surface area contributed by atoms with Crippen molar-refractivity contribution < 1.29 is 4.42 Å². The molecule has 27 heavy (non-hydrogen) atoms. The number of halogens is 2. The molecule has 1 aliphatic heterocycles. The molecular weight excluding hydrogens is 444 g/mol. The van der Waals surface area contributed by atoms with Gasteiger partial charge in [0.2, 0.25) is 0 Å². The van der Waals surface area contributed by atoms with Gasteiger partial charge in [-0.3, -0.25) is 0 Å². The maximum absolute atomic E-state index is 6.11. The lowest BCUT2D eigenvalue weighted by atomic mass is 10.2. The monoisotopic (exact) mass is 460 g/mol. The van der Waals surface area contributed by atoms with Gasteiger partial charge in [-0.05, 0) is 42.5 Å². The molecule has 0 atom stereocenters. The summed E-state index contributed by atoms with van der Waals surface area (Å²) in [5.74, 6) is 1.58. The molecule has 1 aromatic heterocycles. The fraction of sp³-hybridized carbons (Fsp3) is 0.190. The Kier molecular flexibility index (Phi) is 5.53. The van der Waals surface area contributed by atoms with Crippen LogP contribution in [0.15, 0.2) is 69.6 Å². The van der Waals surface area contributed by atoms with Gasteiger partial charge >= 0.3 is 0 Å². The lowest BCUT2D eigenvalue weighted by Crippen LogP contribution is -2.48. The van der Waals surface area contributed by atoms with Gasteiger partial charge in [0.05, 0.1) is 0 Å². The van der Waals surface area contributed by atoms with Gasteiger partial charge in [-0.15, -0.1) is 0 Å². The topological polar surface area (TPSA) is 19.6 Å². The smallest absolute Gasteiger partial charge is 0.162 e. The van der Waals surface area contributed by atoms with E-state index in [1.807, 2.05) is 54.6 Å². The van der Waals surface area contributed by atoms with Crippen LogP contribution in [0.25, 0.3) is 11.3 Å². The molecule has 0 amide bonds. The van der Waals surface area contributed by atoms with Gasteiger partial charge < -0.3 is 14.2 Å². The largest absolute Gasteiger partial charge is 0.454 e. The number of thiocarbonyl (C=S) groups is 1. The Morgan fingerprint density at radius 3 is 2.41 bits per heavy atom. The third-order valence-corrected chi connectivity index (χ3v) is 5.91. The fourth-order valence-electron chi connectivity index (χ4n) is 3.22. The molecule has 0 N–H and O–H groups in total. The molecule has 1 fully saturated rings. The molecule has 2 aromatic carbocycles. The lowest BCUT2D eigenvalue weighted by molar-refractivity contribution is 0.385. The number of piperazine rings is 1. The molecule has 6 heteroatoms. The van der Waals surface area contributed by atoms with E-state index >= 15 is 0 Å². The molecule has 4 rings (SSSR count). The predicted molar refractivity (Wildman–Crippen MR) is 119 cm³/mol. The third-order valence-electron chi connectivity index (χ3n) is 4.69. The molecule has 3 nitrogen and oxygen atoms in total. The van der Waals surface area contributed by atoms with Crippen molar-refractivity contribution in [1.82, 2.24) is 4.90 Å². The van der Waals surface area contributed by atoms with Gasteiger partial charge in [0.15, 0.2) is 5.76 Å². The van der Waals surface area contributed by atoms with Crippen molar-refractivity contribution in [3.8, 4) is 11.3 Å². The molecule has 0 unspecified atom stereocenters. The number of furan rings is 1. The van der Waals surface area contributed by atoms with Gasteiger partial charge in [-0.25, -0.2) is 0 Å². The Morgan fingerprint density at radius 2 is 1.70 bits per heavy atom. The van der Waals surface area contributed by atoms with E-state index in [0.717, 1.165) is 63.4 Å². The molecule has 0 radical (unpaired) electrons. The number of hydrogen-bond acceptors (Lipinski definition) is 3. The number of anilines is 1. The molecular formula is C21H18BrClN2OS. The highest BCUT2D eigenvalue weighted by atomic mass is 79.9. The molecule has 1 aliphatic rings. The van der Waals surface area contributed by atoms with Gasteiger partial charge in [-0.1, -0.05) is 57.9 Å². The van der Waals surface area contributed by atoms with E-state index < -0.39 is 0 Å². The zero-order chi connectivity index (χ0) is 18.8. The Labute approximate surface area is 177 Å². The minimum Gasteiger partial charge on any atom is -0.454 e. The van der Waals surface area contributed by atoms with Crippen molar-refractivity contribution in [2.24, 2.45) is 0 Å². The van der Waals surface area contributed by atoms with Gasteiger partial charge in [-0.2, -0.15) is 0 Å². The average molecular weight is 462 g/mol. The summed E-state index contributed by atoms with van der Waals surface area (Å²) >= 11 is 15.3. The zero-order valence-electron chi connectivity index (χ0n) is 14.6. The first-order valence-electron chi connectivity index (χ1n) is 8.76. The van der Waals surface area contributed by atoms with Crippen LogP contribution >= 0.6 is 39.7 Å². The summed E-state index contributed by atoms with van der Waals surface area (Å²) in [5.41, 5.74) is 2.20. The molecule has 0 spiro atoms. The minimum atomic E-state index is 0.749. The summed E-state index contributed by atoms with van der Waals surface area (Å²) in [5, 5.41) is 0.765. The maximum Gasteiger partial charge on any atom is 0.162 e. The Hall–Kier alpha value is -1.82. The second kappa shape index (κ2) is 8.05. The summed E-state index contributed by atoms with van der Waals surface area (Å²) in [6, 6.07) is 20.0. The fourth-order valence-corrected chi connectivity index (χ4v) is 3.96. The summed E-state index contributed by atoms with van der Waals surface area (Å²) in [6.07, 6.45) is 0. The van der Waals surface area contributed by atoms with Gasteiger partial charge in [0, 0.05) is 46.9 Å². The van der Waals surface area contributed by atoms with Gasteiger partial charge in [0.1, 0.15) is 10.7 Å². The SMILES string of the molecule is S=C(c1ccc(-c2ccc(Br)cc2)o1)N1CCN(c2cccc(Cl)c2)CC1. The third kappa shape index (κ3) is 4.21. The van der Waals surface area contributed by atoms with Crippen LogP contribution in [0.1, 0.15) is 5.76 Å². The van der Waals surface area contributed by atoms with Crippen molar-refractivity contribution in [2.45, 2.75) is 0 Å². The molecule has 1 saturated heterocycles. The summed E-state index contributed by atoms with van der Waals surface area (Å²) in [6.45, 7) is 3.53. The van der Waals surface area contributed by atoms with E-state index in [1.54, 1.807) is 0 Å². The number of benzene rings is 2. The van der Waals surface area contributed by atoms with Crippen LogP contribution in [0.3, 0.4) is 0 Å². The van der Waals surface area contributed by atoms with E-state index in [4.69, 9.17) is 28.2 Å². The van der Waals surface area contributed by atoms with Crippen LogP contribution in [0.2, 0.25) is 5.02 Å². The molecule has 0 bridgehead atoms. The van der Waals surface area contributed by atoms with Crippen molar-refractivity contribution in [3.63, 3.8) is 0 Å². The van der Waals surface area contributed by atoms with Crippen molar-refractivity contribution in [2.75, 3.05) is 31.1 Å². The molecule has 0 aliphatic carbocycles. The quantitative estimate of drug-likeness (QED) is 0.455. The summed E-state index contributed by atoms with van der Waals surface area (Å²) < 4.78 is 7.07. The second-order valence-corrected chi connectivity index (χ2v) is 8.17. The van der Waals surface area contributed by atoms with Crippen LogP contribution < -0.4 is 4.90 Å². The summed E-state index contributed by atoms with van der Waals surface area (Å²) in [7, 11) is 0. The first-order valence-corrected chi connectivity index (χ1v) is 10.3. The predicted octanol–water partition coefficient (Wildman–Crippen LogP) is 5.86. The van der Waals surface area contributed by atoms with Crippen LogP contribution in [-0.2, 0) is 0 Å². The number of rotatable bonds is 3. The Balaban J connectivity index is 1.42. The van der Waals surface area contributed by atoms with Crippen LogP contribution in [-0.4, -0.2) is 36.1 Å². The van der Waals surface area contributed by atoms with Crippen LogP contribution in [0.4, 0.5) is 5.69 Å². The highest BCUT2D eigenvalue weighted by Gasteiger charge is 2.22. The lowest BCUT2D eigenvalue weighted by Gasteiger charge is -2.37. The molecule has 3 aromatic rings. The van der Waals surface area contributed by atoms with Crippen LogP contribution in [0, 0.1) is 0 Å². The van der Waals surface area contributed by atoms with E-state index in [2.05, 4.69) is 31.8 Å². The van der Waals surface area contributed by atoms with E-state index in [9.17, 15) is 0 Å². The second-order valence-electron chi connectivity index (χ2n) is 6.43. The average Bonchev–Trinajstić information content (AvgIpc) is 3.18. The van der Waals surface area contributed by atoms with Crippen molar-refractivity contribution in [1.29, 1.82) is 0 Å². The van der Waals surface area contributed by atoms with Gasteiger partial charge in [0.25, 0.3) is 0 Å². The first-order chi connectivity index (χ1) is 13.1. The minimum absolute atomic E-state index is 0.749. The summed E-state index contributed by atoms with van der Waals surface area (Å²) in [4.78, 5) is 5.31. The van der Waals surface area contributed by atoms with Crippen molar-refractivity contribution >= 4 is 50.4 Å². The zero-order valence-corrected chi connectivity index (χ0v) is 17.7. The Morgan fingerprint density at radius 1 is 0.963 bits per heavy atom. The molecule has 138 valence electrons. The van der Waals surface area contributed by atoms with E-state index in [0.29, 0.717) is 0 Å². The highest BCUT2D eigenvalue weighted by Crippen LogP contribution is 2.26. The molecule has 0 saturated carbocycles. The van der Waals surface area contributed by atoms with E-state index in [-0.39, 0.29) is 0 Å². The van der Waals surface area contributed by atoms with Crippen LogP contribution in [0.5, 0.6) is 0 Å². The standard InChI is InChI=1S/C21H18BrClN2OS/c22-16-6-4-15(5-7-16)19-8-9-20(26-19)21(27)25-12-10-24(11-13-25)18-3-1-2-17(23)14-18/h1-9,14H,10-13H2. The molecule has 2 heterocycles. The van der Waals surface area contributed by atoms with Crippen molar-refractivity contribution in [3.05, 3.63) is 75.9 Å².